The van der Waals surface area contributed by atoms with Crippen LogP contribution in [0.15, 0.2) is 59.0 Å². The first-order valence-corrected chi connectivity index (χ1v) is 11.3. The van der Waals surface area contributed by atoms with Gasteiger partial charge in [0.05, 0.1) is 19.2 Å². The minimum atomic E-state index is -1.10. The smallest absolute Gasteiger partial charge is 0.404 e. The standard InChI is InChI=1S/C25H26N4O5/c1-16(26-25(30)31)14-33-23-12-21(29(28-23)13-17-5-3-2-4-6-17)24-27-20-11-19(9-10-22(20)34-24)32-15-18-7-8-18/h2-6,9-12,16,18,26H,7-8,13-15H2,1H3,(H,30,31)/t16-/m0/s1. The lowest BCUT2D eigenvalue weighted by Crippen LogP contribution is -2.35. The summed E-state index contributed by atoms with van der Waals surface area (Å²) >= 11 is 0. The second-order valence-electron chi connectivity index (χ2n) is 8.58. The monoisotopic (exact) mass is 462 g/mol. The zero-order valence-corrected chi connectivity index (χ0v) is 18.8. The second-order valence-corrected chi connectivity index (χ2v) is 8.58. The first-order valence-electron chi connectivity index (χ1n) is 11.3. The van der Waals surface area contributed by atoms with E-state index in [-0.39, 0.29) is 6.61 Å². The van der Waals surface area contributed by atoms with Gasteiger partial charge in [0.1, 0.15) is 23.6 Å². The largest absolute Gasteiger partial charge is 0.493 e. The van der Waals surface area contributed by atoms with E-state index >= 15 is 0 Å². The number of aromatic nitrogens is 3. The van der Waals surface area contributed by atoms with E-state index in [1.54, 1.807) is 17.7 Å². The highest BCUT2D eigenvalue weighted by atomic mass is 16.5. The summed E-state index contributed by atoms with van der Waals surface area (Å²) in [6.45, 7) is 3.09. The van der Waals surface area contributed by atoms with Crippen molar-refractivity contribution in [1.82, 2.24) is 20.1 Å². The Kier molecular flexibility index (Phi) is 6.07. The number of carbonyl (C=O) groups is 1. The number of fused-ring (bicyclic) bond motifs is 1. The van der Waals surface area contributed by atoms with Gasteiger partial charge in [-0.2, -0.15) is 0 Å². The molecule has 1 atom stereocenters. The third kappa shape index (κ3) is 5.31. The molecule has 2 aromatic heterocycles. The van der Waals surface area contributed by atoms with Crippen LogP contribution in [0.3, 0.4) is 0 Å². The van der Waals surface area contributed by atoms with Gasteiger partial charge >= 0.3 is 6.09 Å². The normalized spacial score (nSPS) is 14.1. The minimum Gasteiger partial charge on any atom is -0.493 e. The Balaban J connectivity index is 1.41. The van der Waals surface area contributed by atoms with Crippen molar-refractivity contribution in [3.63, 3.8) is 0 Å². The number of amides is 1. The number of rotatable bonds is 10. The topological polar surface area (TPSA) is 112 Å². The van der Waals surface area contributed by atoms with Gasteiger partial charge in [0, 0.05) is 12.1 Å². The van der Waals surface area contributed by atoms with Gasteiger partial charge in [-0.15, -0.1) is 5.10 Å². The Bertz CT molecular complexity index is 1280. The molecular formula is C25H26N4O5. The summed E-state index contributed by atoms with van der Waals surface area (Å²) in [6, 6.07) is 16.9. The predicted molar refractivity (Wildman–Crippen MR) is 125 cm³/mol. The van der Waals surface area contributed by atoms with Crippen molar-refractivity contribution < 1.29 is 23.8 Å². The Morgan fingerprint density at radius 1 is 1.21 bits per heavy atom. The summed E-state index contributed by atoms with van der Waals surface area (Å²) in [7, 11) is 0. The molecule has 1 aliphatic carbocycles. The predicted octanol–water partition coefficient (Wildman–Crippen LogP) is 4.56. The highest BCUT2D eigenvalue weighted by Gasteiger charge is 2.22. The van der Waals surface area contributed by atoms with Gasteiger partial charge < -0.3 is 24.3 Å². The highest BCUT2D eigenvalue weighted by molar-refractivity contribution is 5.77. The summed E-state index contributed by atoms with van der Waals surface area (Å²) in [4.78, 5) is 15.5. The average molecular weight is 463 g/mol. The first-order chi connectivity index (χ1) is 16.5. The molecule has 0 spiro atoms. The summed E-state index contributed by atoms with van der Waals surface area (Å²) in [6.07, 6.45) is 1.37. The molecule has 0 aliphatic heterocycles. The van der Waals surface area contributed by atoms with E-state index in [9.17, 15) is 4.79 Å². The van der Waals surface area contributed by atoms with Crippen LogP contribution >= 0.6 is 0 Å². The van der Waals surface area contributed by atoms with Crippen molar-refractivity contribution in [2.24, 2.45) is 5.92 Å². The van der Waals surface area contributed by atoms with E-state index < -0.39 is 12.1 Å². The van der Waals surface area contributed by atoms with E-state index in [0.717, 1.165) is 17.9 Å². The fourth-order valence-electron chi connectivity index (χ4n) is 3.58. The van der Waals surface area contributed by atoms with E-state index in [0.29, 0.717) is 41.0 Å². The number of ether oxygens (including phenoxy) is 2. The van der Waals surface area contributed by atoms with Crippen LogP contribution in [0.25, 0.3) is 22.7 Å². The van der Waals surface area contributed by atoms with Gasteiger partial charge in [-0.3, -0.25) is 4.68 Å². The van der Waals surface area contributed by atoms with Crippen LogP contribution in [0.2, 0.25) is 0 Å². The number of hydrogen-bond donors (Lipinski definition) is 2. The third-order valence-electron chi connectivity index (χ3n) is 5.54. The van der Waals surface area contributed by atoms with Gasteiger partial charge in [0.2, 0.25) is 11.8 Å². The summed E-state index contributed by atoms with van der Waals surface area (Å²) < 4.78 is 19.4. The Labute approximate surface area is 196 Å². The molecule has 34 heavy (non-hydrogen) atoms. The molecule has 176 valence electrons. The zero-order valence-electron chi connectivity index (χ0n) is 18.8. The number of oxazole rings is 1. The molecule has 1 amide bonds. The Morgan fingerprint density at radius 3 is 2.79 bits per heavy atom. The molecular weight excluding hydrogens is 436 g/mol. The number of nitrogens with one attached hydrogen (secondary N) is 1. The number of carboxylic acid groups (broad SMARTS) is 1. The van der Waals surface area contributed by atoms with Crippen LogP contribution in [0.1, 0.15) is 25.3 Å². The molecule has 1 saturated carbocycles. The third-order valence-corrected chi connectivity index (χ3v) is 5.54. The van der Waals surface area contributed by atoms with Crippen molar-refractivity contribution in [1.29, 1.82) is 0 Å². The first kappa shape index (κ1) is 21.8. The molecule has 2 N–H and O–H groups in total. The Morgan fingerprint density at radius 2 is 2.03 bits per heavy atom. The highest BCUT2D eigenvalue weighted by Crippen LogP contribution is 2.32. The fraction of sp³-hybridized carbons (Fsp3) is 0.320. The summed E-state index contributed by atoms with van der Waals surface area (Å²) in [5, 5.41) is 15.8. The van der Waals surface area contributed by atoms with Crippen molar-refractivity contribution in [3.8, 4) is 23.2 Å². The molecule has 9 nitrogen and oxygen atoms in total. The van der Waals surface area contributed by atoms with Crippen LogP contribution < -0.4 is 14.8 Å². The molecule has 2 aromatic carbocycles. The van der Waals surface area contributed by atoms with Gasteiger partial charge in [-0.1, -0.05) is 30.3 Å². The summed E-state index contributed by atoms with van der Waals surface area (Å²) in [5.74, 6) is 2.23. The lowest BCUT2D eigenvalue weighted by Gasteiger charge is -2.10. The molecule has 1 aliphatic rings. The fourth-order valence-corrected chi connectivity index (χ4v) is 3.58. The lowest BCUT2D eigenvalue weighted by atomic mass is 10.2. The molecule has 0 bridgehead atoms. The van der Waals surface area contributed by atoms with Gasteiger partial charge in [-0.05, 0) is 43.4 Å². The molecule has 9 heteroatoms. The molecule has 4 aromatic rings. The second kappa shape index (κ2) is 9.46. The van der Waals surface area contributed by atoms with E-state index in [4.69, 9.17) is 19.0 Å². The number of nitrogens with zero attached hydrogens (tertiary/aromatic N) is 3. The SMILES string of the molecule is C[C@@H](COc1cc(-c2nc3cc(OCC4CC4)ccc3o2)n(Cc2ccccc2)n1)NC(=O)O. The van der Waals surface area contributed by atoms with Crippen molar-refractivity contribution >= 4 is 17.2 Å². The molecule has 0 unspecified atom stereocenters. The van der Waals surface area contributed by atoms with Gasteiger partial charge in [0.25, 0.3) is 0 Å². The maximum Gasteiger partial charge on any atom is 0.404 e. The lowest BCUT2D eigenvalue weighted by molar-refractivity contribution is 0.182. The van der Waals surface area contributed by atoms with E-state index in [2.05, 4.69) is 15.4 Å². The molecule has 0 radical (unpaired) electrons. The van der Waals surface area contributed by atoms with Crippen LogP contribution in [-0.2, 0) is 6.54 Å². The maximum absolute atomic E-state index is 10.8. The van der Waals surface area contributed by atoms with Crippen LogP contribution in [0.5, 0.6) is 11.6 Å². The van der Waals surface area contributed by atoms with Crippen LogP contribution in [-0.4, -0.2) is 45.2 Å². The van der Waals surface area contributed by atoms with Gasteiger partial charge in [-0.25, -0.2) is 9.78 Å². The average Bonchev–Trinajstić information content (AvgIpc) is 3.42. The van der Waals surface area contributed by atoms with Crippen molar-refractivity contribution in [3.05, 3.63) is 60.2 Å². The Hall–Kier alpha value is -4.01. The number of hydrogen-bond acceptors (Lipinski definition) is 6. The van der Waals surface area contributed by atoms with Crippen LogP contribution in [0.4, 0.5) is 4.79 Å². The molecule has 5 rings (SSSR count). The van der Waals surface area contributed by atoms with Crippen molar-refractivity contribution in [2.75, 3.05) is 13.2 Å². The van der Waals surface area contributed by atoms with Gasteiger partial charge in [0.15, 0.2) is 5.58 Å². The molecule has 2 heterocycles. The van der Waals surface area contributed by atoms with E-state index in [1.807, 2.05) is 48.5 Å². The van der Waals surface area contributed by atoms with E-state index in [1.165, 1.54) is 12.8 Å². The maximum atomic E-state index is 10.8. The number of benzene rings is 2. The molecule has 0 saturated heterocycles. The minimum absolute atomic E-state index is 0.142. The van der Waals surface area contributed by atoms with Crippen LogP contribution in [0, 0.1) is 5.92 Å². The van der Waals surface area contributed by atoms with Crippen molar-refractivity contribution in [2.45, 2.75) is 32.4 Å². The summed E-state index contributed by atoms with van der Waals surface area (Å²) in [5.41, 5.74) is 3.08. The molecule has 1 fully saturated rings. The quantitative estimate of drug-likeness (QED) is 0.355. The zero-order chi connectivity index (χ0) is 23.5.